The molecule has 0 N–H and O–H groups in total. The second-order valence-electron chi connectivity index (χ2n) is 9.95. The summed E-state index contributed by atoms with van der Waals surface area (Å²) in [6.07, 6.45) is 0.480. The lowest BCUT2D eigenvalue weighted by Crippen LogP contribution is -2.68. The summed E-state index contributed by atoms with van der Waals surface area (Å²) in [4.78, 5) is 0. The van der Waals surface area contributed by atoms with Crippen molar-refractivity contribution in [3.8, 4) is 0 Å². The van der Waals surface area contributed by atoms with E-state index in [1.54, 1.807) is 0 Å². The first-order valence-electron chi connectivity index (χ1n) is 11.1. The van der Waals surface area contributed by atoms with Gasteiger partial charge in [-0.15, -0.1) is 0 Å². The fourth-order valence-electron chi connectivity index (χ4n) is 5.11. The minimum atomic E-state index is -2.70. The number of hydrogen-bond donors (Lipinski definition) is 0. The first-order valence-corrected chi connectivity index (χ1v) is 13.8. The topological polar surface area (TPSA) is 27.7 Å². The fraction of sp³-hybridized carbons (Fsp3) is 0.462. The summed E-state index contributed by atoms with van der Waals surface area (Å²) >= 11 is 3.91. The number of benzene rings is 2. The van der Waals surface area contributed by atoms with E-state index < -0.39 is 14.1 Å². The molecule has 0 saturated carbocycles. The van der Waals surface area contributed by atoms with Crippen LogP contribution in [-0.2, 0) is 13.9 Å². The van der Waals surface area contributed by atoms with Crippen molar-refractivity contribution in [2.75, 3.05) is 0 Å². The molecule has 1 fully saturated rings. The monoisotopic (exact) mass is 500 g/mol. The molecule has 0 amide bonds. The average molecular weight is 502 g/mol. The van der Waals surface area contributed by atoms with Gasteiger partial charge in [-0.25, -0.2) is 0 Å². The molecule has 0 spiro atoms. The summed E-state index contributed by atoms with van der Waals surface area (Å²) < 4.78 is 21.2. The van der Waals surface area contributed by atoms with Crippen molar-refractivity contribution in [3.63, 3.8) is 0 Å². The molecule has 2 aromatic rings. The molecule has 2 aromatic carbocycles. The van der Waals surface area contributed by atoms with Crippen molar-refractivity contribution in [1.82, 2.24) is 0 Å². The van der Waals surface area contributed by atoms with Gasteiger partial charge in [-0.2, -0.15) is 0 Å². The van der Waals surface area contributed by atoms with E-state index in [0.29, 0.717) is 0 Å². The van der Waals surface area contributed by atoms with Gasteiger partial charge in [-0.1, -0.05) is 104 Å². The third kappa shape index (κ3) is 3.89. The van der Waals surface area contributed by atoms with Crippen LogP contribution in [0.3, 0.4) is 0 Å². The summed E-state index contributed by atoms with van der Waals surface area (Å²) in [6, 6.07) is 21.5. The summed E-state index contributed by atoms with van der Waals surface area (Å²) in [5.74, 6) is -0.615. The molecule has 0 aromatic heterocycles. The molecule has 0 radical (unpaired) electrons. The molecule has 1 aliphatic carbocycles. The van der Waals surface area contributed by atoms with Gasteiger partial charge in [0.1, 0.15) is 18.3 Å². The van der Waals surface area contributed by atoms with E-state index in [9.17, 15) is 0 Å². The van der Waals surface area contributed by atoms with Crippen LogP contribution in [0, 0.1) is 0 Å². The van der Waals surface area contributed by atoms with Crippen LogP contribution < -0.4 is 10.4 Å². The van der Waals surface area contributed by atoms with E-state index in [-0.39, 0.29) is 23.4 Å². The van der Waals surface area contributed by atoms with Crippen molar-refractivity contribution < 1.29 is 13.9 Å². The average Bonchev–Trinajstić information content (AvgIpc) is 3.15. The number of rotatable bonds is 5. The Morgan fingerprint density at radius 3 is 1.90 bits per heavy atom. The molecule has 0 bridgehead atoms. The van der Waals surface area contributed by atoms with Crippen molar-refractivity contribution >= 4 is 34.6 Å². The minimum absolute atomic E-state index is 0.0717. The summed E-state index contributed by atoms with van der Waals surface area (Å²) in [5, 5.41) is 2.45. The zero-order valence-electron chi connectivity index (χ0n) is 19.3. The summed E-state index contributed by atoms with van der Waals surface area (Å²) in [7, 11) is -2.70. The Bertz CT molecular complexity index is 910. The lowest BCUT2D eigenvalue weighted by molar-refractivity contribution is -0.152. The SMILES string of the molecule is CCC1=C(Br)[C@H](O[Si](c2ccccc2)(c2ccccc2)C(C)(C)C)[C@@H]2OC(C)(C)O[C@H]12. The normalized spacial score (nSPS) is 25.7. The second-order valence-corrected chi connectivity index (χ2v) is 15.1. The zero-order chi connectivity index (χ0) is 22.4. The Balaban J connectivity index is 1.89. The standard InChI is InChI=1S/C26H33BrO3Si/c1-7-20-21(27)23(24-22(20)28-26(5,6)29-24)30-31(25(2,3)4,18-14-10-8-11-15-18)19-16-12-9-13-17-19/h8-17,22-24H,7H2,1-6H3/t22-,23+,24-/m1/s1. The van der Waals surface area contributed by atoms with Crippen LogP contribution in [-0.4, -0.2) is 32.4 Å². The van der Waals surface area contributed by atoms with E-state index in [1.807, 2.05) is 13.8 Å². The molecule has 3 atom stereocenters. The number of fused-ring (bicyclic) bond motifs is 1. The number of halogens is 1. The first-order chi connectivity index (χ1) is 14.6. The maximum atomic E-state index is 7.42. The lowest BCUT2D eigenvalue weighted by Gasteiger charge is -2.45. The Morgan fingerprint density at radius 2 is 1.45 bits per heavy atom. The van der Waals surface area contributed by atoms with Gasteiger partial charge in [0.2, 0.25) is 0 Å². The van der Waals surface area contributed by atoms with Crippen molar-refractivity contribution in [2.24, 2.45) is 0 Å². The molecule has 1 aliphatic heterocycles. The third-order valence-corrected chi connectivity index (χ3v) is 12.4. The van der Waals surface area contributed by atoms with Gasteiger partial charge in [0.25, 0.3) is 8.32 Å². The highest BCUT2D eigenvalue weighted by Crippen LogP contribution is 2.48. The molecule has 166 valence electrons. The zero-order valence-corrected chi connectivity index (χ0v) is 21.9. The maximum Gasteiger partial charge on any atom is 0.262 e. The molecule has 5 heteroatoms. The molecule has 0 unspecified atom stereocenters. The van der Waals surface area contributed by atoms with Gasteiger partial charge < -0.3 is 13.9 Å². The summed E-state index contributed by atoms with van der Waals surface area (Å²) in [5.41, 5.74) is 1.25. The molecule has 31 heavy (non-hydrogen) atoms. The Hall–Kier alpha value is -1.24. The lowest BCUT2D eigenvalue weighted by atomic mass is 10.1. The van der Waals surface area contributed by atoms with E-state index in [2.05, 4.69) is 104 Å². The largest absolute Gasteiger partial charge is 0.397 e. The highest BCUT2D eigenvalue weighted by molar-refractivity contribution is 9.11. The van der Waals surface area contributed by atoms with Crippen molar-refractivity contribution in [3.05, 3.63) is 70.7 Å². The Morgan fingerprint density at radius 1 is 0.935 bits per heavy atom. The van der Waals surface area contributed by atoms with Gasteiger partial charge in [0, 0.05) is 4.48 Å². The van der Waals surface area contributed by atoms with Gasteiger partial charge in [-0.3, -0.25) is 0 Å². The Kier molecular flexibility index (Phi) is 6.12. The van der Waals surface area contributed by atoms with Gasteiger partial charge in [-0.05, 0) is 41.3 Å². The molecule has 4 rings (SSSR count). The van der Waals surface area contributed by atoms with Crippen LogP contribution in [0.4, 0.5) is 0 Å². The molecular weight excluding hydrogens is 468 g/mol. The summed E-state index contributed by atoms with van der Waals surface area (Å²) in [6.45, 7) is 13.1. The smallest absolute Gasteiger partial charge is 0.262 e. The van der Waals surface area contributed by atoms with Gasteiger partial charge in [0.05, 0.1) is 0 Å². The first kappa shape index (κ1) is 22.9. The quantitative estimate of drug-likeness (QED) is 0.505. The Labute approximate surface area is 196 Å². The van der Waals surface area contributed by atoms with E-state index in [0.717, 1.165) is 10.9 Å². The number of hydrogen-bond acceptors (Lipinski definition) is 3. The minimum Gasteiger partial charge on any atom is -0.397 e. The highest BCUT2D eigenvalue weighted by atomic mass is 79.9. The molecule has 2 aliphatic rings. The fourth-order valence-corrected chi connectivity index (χ4v) is 10.8. The second kappa shape index (κ2) is 8.27. The van der Waals surface area contributed by atoms with E-state index >= 15 is 0 Å². The van der Waals surface area contributed by atoms with Crippen LogP contribution in [0.1, 0.15) is 48.0 Å². The van der Waals surface area contributed by atoms with Crippen molar-refractivity contribution in [1.29, 1.82) is 0 Å². The predicted octanol–water partition coefficient (Wildman–Crippen LogP) is 5.52. The van der Waals surface area contributed by atoms with Crippen molar-refractivity contribution in [2.45, 2.75) is 77.1 Å². The molecule has 1 heterocycles. The molecule has 3 nitrogen and oxygen atoms in total. The van der Waals surface area contributed by atoms with Crippen LogP contribution in [0.25, 0.3) is 0 Å². The van der Waals surface area contributed by atoms with Crippen LogP contribution >= 0.6 is 15.9 Å². The van der Waals surface area contributed by atoms with Crippen LogP contribution in [0.15, 0.2) is 70.7 Å². The molecule has 1 saturated heterocycles. The van der Waals surface area contributed by atoms with Crippen LogP contribution in [0.2, 0.25) is 5.04 Å². The van der Waals surface area contributed by atoms with Gasteiger partial charge >= 0.3 is 0 Å². The van der Waals surface area contributed by atoms with E-state index in [1.165, 1.54) is 15.9 Å². The predicted molar refractivity (Wildman–Crippen MR) is 133 cm³/mol. The molecular formula is C26H33BrO3Si. The third-order valence-electron chi connectivity index (χ3n) is 6.43. The van der Waals surface area contributed by atoms with Gasteiger partial charge in [0.15, 0.2) is 5.79 Å². The highest BCUT2D eigenvalue weighted by Gasteiger charge is 2.58. The number of ether oxygens (including phenoxy) is 2. The van der Waals surface area contributed by atoms with Crippen LogP contribution in [0.5, 0.6) is 0 Å². The maximum absolute atomic E-state index is 7.42. The van der Waals surface area contributed by atoms with E-state index in [4.69, 9.17) is 13.9 Å².